The maximum absolute atomic E-state index is 13.7. The van der Waals surface area contributed by atoms with Gasteiger partial charge in [-0.15, -0.1) is 0 Å². The van der Waals surface area contributed by atoms with Crippen molar-refractivity contribution in [2.75, 3.05) is 6.54 Å². The number of amides is 1. The molecule has 1 heterocycles. The number of alkyl halides is 3. The summed E-state index contributed by atoms with van der Waals surface area (Å²) in [5, 5.41) is 1.02. The van der Waals surface area contributed by atoms with Gasteiger partial charge >= 0.3 is 6.18 Å². The van der Waals surface area contributed by atoms with E-state index in [1.807, 2.05) is 0 Å². The zero-order valence-electron chi connectivity index (χ0n) is 16.5. The zero-order chi connectivity index (χ0) is 20.1. The number of halogens is 3. The summed E-state index contributed by atoms with van der Waals surface area (Å²) in [6, 6.07) is 4.82. The Kier molecular flexibility index (Phi) is 7.32. The fourth-order valence-electron chi connectivity index (χ4n) is 3.50. The standard InChI is InChI=1S/C21H31F3N2O/c1-4-5-6-7-8-9-10-16-11-13-17(14-12-16)18(21(22,23)24)26-15-20(2,3)19(27)25-26/h11-14,18H,4-10,15H2,1-3H3,(H,25,27). The number of carbonyl (C=O) groups excluding carboxylic acids is 1. The van der Waals surface area contributed by atoms with Crippen LogP contribution in [-0.4, -0.2) is 23.6 Å². The van der Waals surface area contributed by atoms with Gasteiger partial charge in [0.25, 0.3) is 0 Å². The van der Waals surface area contributed by atoms with Crippen LogP contribution < -0.4 is 5.43 Å². The highest BCUT2D eigenvalue weighted by Gasteiger charge is 2.51. The lowest BCUT2D eigenvalue weighted by atomic mass is 9.93. The Morgan fingerprint density at radius 3 is 2.19 bits per heavy atom. The van der Waals surface area contributed by atoms with Crippen molar-refractivity contribution in [3.63, 3.8) is 0 Å². The maximum Gasteiger partial charge on any atom is 0.409 e. The first-order chi connectivity index (χ1) is 12.6. The Labute approximate surface area is 160 Å². The molecule has 1 aliphatic heterocycles. The predicted molar refractivity (Wildman–Crippen MR) is 101 cm³/mol. The Bertz CT molecular complexity index is 611. The van der Waals surface area contributed by atoms with Gasteiger partial charge in [-0.05, 0) is 37.8 Å². The predicted octanol–water partition coefficient (Wildman–Crippen LogP) is 5.57. The number of hydrogen-bond acceptors (Lipinski definition) is 2. The first-order valence-electron chi connectivity index (χ1n) is 9.88. The maximum atomic E-state index is 13.7. The van der Waals surface area contributed by atoms with Crippen molar-refractivity contribution in [2.45, 2.75) is 77.9 Å². The van der Waals surface area contributed by atoms with Crippen molar-refractivity contribution >= 4 is 5.91 Å². The highest BCUT2D eigenvalue weighted by atomic mass is 19.4. The molecule has 1 fully saturated rings. The number of rotatable bonds is 9. The van der Waals surface area contributed by atoms with Gasteiger partial charge in [0, 0.05) is 6.54 Å². The van der Waals surface area contributed by atoms with E-state index in [0.29, 0.717) is 0 Å². The third kappa shape index (κ3) is 5.96. The molecule has 0 aromatic heterocycles. The van der Waals surface area contributed by atoms with E-state index in [1.54, 1.807) is 38.1 Å². The van der Waals surface area contributed by atoms with Gasteiger partial charge in [-0.3, -0.25) is 10.2 Å². The van der Waals surface area contributed by atoms with Crippen LogP contribution in [0.4, 0.5) is 13.2 Å². The molecule has 0 aliphatic carbocycles. The monoisotopic (exact) mass is 384 g/mol. The molecular weight excluding hydrogens is 353 g/mol. The van der Waals surface area contributed by atoms with E-state index in [1.165, 1.54) is 25.7 Å². The van der Waals surface area contributed by atoms with Gasteiger partial charge in [-0.25, -0.2) is 5.01 Å². The van der Waals surface area contributed by atoms with Gasteiger partial charge in [-0.2, -0.15) is 13.2 Å². The van der Waals surface area contributed by atoms with Gasteiger partial charge in [0.15, 0.2) is 0 Å². The third-order valence-corrected chi connectivity index (χ3v) is 5.16. The first kappa shape index (κ1) is 21.7. The van der Waals surface area contributed by atoms with Crippen LogP contribution in [0.25, 0.3) is 0 Å². The van der Waals surface area contributed by atoms with Crippen LogP contribution in [-0.2, 0) is 11.2 Å². The minimum Gasteiger partial charge on any atom is -0.287 e. The lowest BCUT2D eigenvalue weighted by Crippen LogP contribution is -2.43. The molecule has 27 heavy (non-hydrogen) atoms. The molecule has 1 aromatic carbocycles. The molecule has 3 nitrogen and oxygen atoms in total. The number of hydrogen-bond donors (Lipinski definition) is 1. The largest absolute Gasteiger partial charge is 0.409 e. The summed E-state index contributed by atoms with van der Waals surface area (Å²) >= 11 is 0. The van der Waals surface area contributed by atoms with Crippen LogP contribution in [0.1, 0.15) is 76.5 Å². The minimum absolute atomic E-state index is 0.0233. The molecule has 1 saturated heterocycles. The van der Waals surface area contributed by atoms with Gasteiger partial charge < -0.3 is 0 Å². The Balaban J connectivity index is 2.00. The van der Waals surface area contributed by atoms with E-state index in [0.717, 1.165) is 29.8 Å². The molecule has 0 bridgehead atoms. The molecule has 1 atom stereocenters. The molecule has 0 spiro atoms. The highest BCUT2D eigenvalue weighted by Crippen LogP contribution is 2.40. The summed E-state index contributed by atoms with van der Waals surface area (Å²) in [6.45, 7) is 5.51. The first-order valence-corrected chi connectivity index (χ1v) is 9.88. The van der Waals surface area contributed by atoms with Crippen LogP contribution in [0.5, 0.6) is 0 Å². The van der Waals surface area contributed by atoms with Crippen molar-refractivity contribution in [3.05, 3.63) is 35.4 Å². The van der Waals surface area contributed by atoms with E-state index in [-0.39, 0.29) is 18.0 Å². The van der Waals surface area contributed by atoms with Crippen LogP contribution in [0.15, 0.2) is 24.3 Å². The zero-order valence-corrected chi connectivity index (χ0v) is 16.5. The lowest BCUT2D eigenvalue weighted by molar-refractivity contribution is -0.191. The molecular formula is C21H31F3N2O. The fourth-order valence-corrected chi connectivity index (χ4v) is 3.50. The van der Waals surface area contributed by atoms with E-state index in [2.05, 4.69) is 12.3 Å². The molecule has 152 valence electrons. The summed E-state index contributed by atoms with van der Waals surface area (Å²) in [6.07, 6.45) is 3.58. The smallest absolute Gasteiger partial charge is 0.287 e. The van der Waals surface area contributed by atoms with Crippen molar-refractivity contribution < 1.29 is 18.0 Å². The normalized spacial score (nSPS) is 18.5. The molecule has 1 unspecified atom stereocenters. The lowest BCUT2D eigenvalue weighted by Gasteiger charge is -2.30. The number of nitrogens with zero attached hydrogens (tertiary/aromatic N) is 1. The second kappa shape index (κ2) is 9.09. The van der Waals surface area contributed by atoms with Gasteiger partial charge in [0.05, 0.1) is 5.41 Å². The Morgan fingerprint density at radius 1 is 1.07 bits per heavy atom. The van der Waals surface area contributed by atoms with Crippen LogP contribution in [0, 0.1) is 5.41 Å². The van der Waals surface area contributed by atoms with Crippen molar-refractivity contribution in [1.29, 1.82) is 0 Å². The van der Waals surface area contributed by atoms with E-state index >= 15 is 0 Å². The number of aryl methyl sites for hydroxylation is 1. The highest BCUT2D eigenvalue weighted by molar-refractivity contribution is 5.83. The molecule has 2 rings (SSSR count). The second-order valence-corrected chi connectivity index (χ2v) is 8.16. The quantitative estimate of drug-likeness (QED) is 0.565. The molecule has 0 radical (unpaired) electrons. The van der Waals surface area contributed by atoms with Crippen LogP contribution >= 0.6 is 0 Å². The molecule has 6 heteroatoms. The Morgan fingerprint density at radius 2 is 1.67 bits per heavy atom. The summed E-state index contributed by atoms with van der Waals surface area (Å²) in [4.78, 5) is 11.9. The SMILES string of the molecule is CCCCCCCCc1ccc(C(N2CC(C)(C)C(=O)N2)C(F)(F)F)cc1. The van der Waals surface area contributed by atoms with Crippen molar-refractivity contribution in [1.82, 2.24) is 10.4 Å². The fraction of sp³-hybridized carbons (Fsp3) is 0.667. The summed E-state index contributed by atoms with van der Waals surface area (Å²) in [5.41, 5.74) is 2.78. The number of unbranched alkanes of at least 4 members (excludes halogenated alkanes) is 5. The van der Waals surface area contributed by atoms with E-state index < -0.39 is 17.6 Å². The van der Waals surface area contributed by atoms with Gasteiger partial charge in [-0.1, -0.05) is 63.3 Å². The summed E-state index contributed by atoms with van der Waals surface area (Å²) in [7, 11) is 0. The third-order valence-electron chi connectivity index (χ3n) is 5.16. The number of benzene rings is 1. The molecule has 0 saturated carbocycles. The van der Waals surface area contributed by atoms with Crippen LogP contribution in [0.3, 0.4) is 0 Å². The average molecular weight is 384 g/mol. The molecule has 1 N–H and O–H groups in total. The minimum atomic E-state index is -4.46. The number of hydrazine groups is 1. The average Bonchev–Trinajstić information content (AvgIpc) is 2.83. The Hall–Kier alpha value is -1.56. The number of carbonyl (C=O) groups is 1. The molecule has 1 aliphatic rings. The van der Waals surface area contributed by atoms with Gasteiger partial charge in [0.2, 0.25) is 5.91 Å². The molecule has 1 aromatic rings. The second-order valence-electron chi connectivity index (χ2n) is 8.16. The number of nitrogens with one attached hydrogen (secondary N) is 1. The summed E-state index contributed by atoms with van der Waals surface area (Å²) in [5.74, 6) is -0.378. The topological polar surface area (TPSA) is 32.3 Å². The summed E-state index contributed by atoms with van der Waals surface area (Å²) < 4.78 is 41.1. The van der Waals surface area contributed by atoms with E-state index in [4.69, 9.17) is 0 Å². The molecule has 1 amide bonds. The van der Waals surface area contributed by atoms with Crippen LogP contribution in [0.2, 0.25) is 0 Å². The van der Waals surface area contributed by atoms with Crippen molar-refractivity contribution in [3.8, 4) is 0 Å². The van der Waals surface area contributed by atoms with Gasteiger partial charge in [0.1, 0.15) is 6.04 Å². The van der Waals surface area contributed by atoms with Crippen molar-refractivity contribution in [2.24, 2.45) is 5.41 Å². The van der Waals surface area contributed by atoms with E-state index in [9.17, 15) is 18.0 Å².